The zero-order valence-corrected chi connectivity index (χ0v) is 17.0. The third-order valence-corrected chi connectivity index (χ3v) is 5.30. The van der Waals surface area contributed by atoms with Crippen molar-refractivity contribution < 1.29 is 4.79 Å². The summed E-state index contributed by atoms with van der Waals surface area (Å²) in [5, 5.41) is 3.83. The van der Waals surface area contributed by atoms with Gasteiger partial charge in [0, 0.05) is 16.3 Å². The molecule has 0 atom stereocenters. The van der Waals surface area contributed by atoms with E-state index >= 15 is 0 Å². The van der Waals surface area contributed by atoms with E-state index in [9.17, 15) is 9.59 Å². The number of hydrogen-bond acceptors (Lipinski definition) is 3. The molecule has 29 heavy (non-hydrogen) atoms. The lowest BCUT2D eigenvalue weighted by Crippen LogP contribution is -2.21. The van der Waals surface area contributed by atoms with Crippen LogP contribution in [0.1, 0.15) is 15.9 Å². The third-order valence-electron chi connectivity index (χ3n) is 4.60. The van der Waals surface area contributed by atoms with Gasteiger partial charge in [0.25, 0.3) is 11.5 Å². The molecule has 7 heteroatoms. The molecule has 144 valence electrons. The predicted molar refractivity (Wildman–Crippen MR) is 119 cm³/mol. The first-order valence-corrected chi connectivity index (χ1v) is 9.65. The summed E-state index contributed by atoms with van der Waals surface area (Å²) in [5.41, 5.74) is 2.86. The van der Waals surface area contributed by atoms with Crippen LogP contribution in [0.15, 0.2) is 71.5 Å². The van der Waals surface area contributed by atoms with Crippen molar-refractivity contribution in [2.75, 3.05) is 5.32 Å². The van der Waals surface area contributed by atoms with Crippen LogP contribution in [-0.2, 0) is 0 Å². The number of para-hydroxylation sites is 1. The van der Waals surface area contributed by atoms with Crippen LogP contribution in [0.25, 0.3) is 16.6 Å². The summed E-state index contributed by atoms with van der Waals surface area (Å²) < 4.78 is 1.70. The number of aromatic amines is 1. The van der Waals surface area contributed by atoms with Crippen molar-refractivity contribution in [1.82, 2.24) is 9.55 Å². The number of carbonyl (C=O) groups is 1. The van der Waals surface area contributed by atoms with E-state index in [0.29, 0.717) is 32.9 Å². The maximum atomic E-state index is 13.0. The monoisotopic (exact) mass is 421 g/mol. The second-order valence-corrected chi connectivity index (χ2v) is 7.38. The largest absolute Gasteiger partial charge is 0.331 e. The van der Waals surface area contributed by atoms with Crippen molar-refractivity contribution in [3.63, 3.8) is 0 Å². The highest BCUT2D eigenvalue weighted by Gasteiger charge is 2.12. The summed E-state index contributed by atoms with van der Waals surface area (Å²) in [7, 11) is 0. The first kappa shape index (κ1) is 19.1. The molecule has 1 heterocycles. The number of aromatic nitrogens is 2. The summed E-state index contributed by atoms with van der Waals surface area (Å²) in [6.07, 6.45) is 0. The Morgan fingerprint density at radius 1 is 1.07 bits per heavy atom. The van der Waals surface area contributed by atoms with Gasteiger partial charge < -0.3 is 10.3 Å². The average Bonchev–Trinajstić information content (AvgIpc) is 2.71. The summed E-state index contributed by atoms with van der Waals surface area (Å²) in [6.45, 7) is 1.89. The fourth-order valence-electron chi connectivity index (χ4n) is 3.04. The van der Waals surface area contributed by atoms with Gasteiger partial charge >= 0.3 is 0 Å². The zero-order valence-electron chi connectivity index (χ0n) is 15.4. The van der Waals surface area contributed by atoms with Gasteiger partial charge in [-0.1, -0.05) is 35.9 Å². The van der Waals surface area contributed by atoms with Crippen LogP contribution in [0.4, 0.5) is 5.69 Å². The lowest BCUT2D eigenvalue weighted by molar-refractivity contribution is 0.102. The molecule has 0 saturated carbocycles. The van der Waals surface area contributed by atoms with E-state index in [0.717, 1.165) is 5.56 Å². The standard InChI is InChI=1S/C22H16ClN3O2S/c1-13-7-9-15(12-18(13)23)24-20(27)14-8-10-17-19(11-14)25-22(29)26(21(17)28)16-5-3-2-4-6-16/h2-12H,1H3,(H,24,27)(H,25,29). The van der Waals surface area contributed by atoms with Crippen molar-refractivity contribution in [3.8, 4) is 5.69 Å². The van der Waals surface area contributed by atoms with Crippen molar-refractivity contribution in [2.45, 2.75) is 6.92 Å². The van der Waals surface area contributed by atoms with Gasteiger partial charge in [0.2, 0.25) is 0 Å². The van der Waals surface area contributed by atoms with Gasteiger partial charge in [-0.25, -0.2) is 0 Å². The van der Waals surface area contributed by atoms with Crippen LogP contribution in [0.3, 0.4) is 0 Å². The number of carbonyl (C=O) groups excluding carboxylic acids is 1. The van der Waals surface area contributed by atoms with Crippen LogP contribution in [-0.4, -0.2) is 15.5 Å². The second kappa shape index (κ2) is 7.66. The number of benzene rings is 3. The molecule has 3 aromatic carbocycles. The van der Waals surface area contributed by atoms with E-state index in [2.05, 4.69) is 10.3 Å². The third kappa shape index (κ3) is 3.72. The fourth-order valence-corrected chi connectivity index (χ4v) is 3.52. The van der Waals surface area contributed by atoms with Gasteiger partial charge in [-0.3, -0.25) is 14.2 Å². The molecule has 1 amide bonds. The highest BCUT2D eigenvalue weighted by atomic mass is 35.5. The van der Waals surface area contributed by atoms with E-state index in [1.807, 2.05) is 43.3 Å². The molecule has 4 aromatic rings. The number of hydrogen-bond donors (Lipinski definition) is 2. The molecule has 0 unspecified atom stereocenters. The van der Waals surface area contributed by atoms with Crippen LogP contribution in [0.5, 0.6) is 0 Å². The lowest BCUT2D eigenvalue weighted by atomic mass is 10.1. The topological polar surface area (TPSA) is 66.9 Å². The Labute approximate surface area is 176 Å². The molecule has 0 fully saturated rings. The average molecular weight is 422 g/mol. The minimum atomic E-state index is -0.307. The maximum Gasteiger partial charge on any atom is 0.266 e. The smallest absolute Gasteiger partial charge is 0.266 e. The van der Waals surface area contributed by atoms with Crippen LogP contribution >= 0.6 is 23.8 Å². The van der Waals surface area contributed by atoms with E-state index < -0.39 is 0 Å². The molecule has 1 aromatic heterocycles. The molecular formula is C22H16ClN3O2S. The Morgan fingerprint density at radius 3 is 2.55 bits per heavy atom. The number of rotatable bonds is 3. The van der Waals surface area contributed by atoms with Gasteiger partial charge in [-0.2, -0.15) is 0 Å². The fraction of sp³-hybridized carbons (Fsp3) is 0.0455. The van der Waals surface area contributed by atoms with E-state index in [1.54, 1.807) is 30.3 Å². The van der Waals surface area contributed by atoms with Crippen LogP contribution < -0.4 is 10.9 Å². The Morgan fingerprint density at radius 2 is 1.83 bits per heavy atom. The van der Waals surface area contributed by atoms with Gasteiger partial charge in [0.15, 0.2) is 4.77 Å². The number of nitrogens with zero attached hydrogens (tertiary/aromatic N) is 1. The second-order valence-electron chi connectivity index (χ2n) is 6.58. The SMILES string of the molecule is Cc1ccc(NC(=O)c2ccc3c(=O)n(-c4ccccc4)c(=S)[nH]c3c2)cc1Cl. The van der Waals surface area contributed by atoms with E-state index in [4.69, 9.17) is 23.8 Å². The number of H-pyrrole nitrogens is 1. The molecule has 0 aliphatic heterocycles. The molecule has 0 aliphatic rings. The maximum absolute atomic E-state index is 13.0. The molecule has 0 saturated heterocycles. The lowest BCUT2D eigenvalue weighted by Gasteiger charge is -2.10. The van der Waals surface area contributed by atoms with Gasteiger partial charge in [0.05, 0.1) is 16.6 Å². The Balaban J connectivity index is 1.73. The van der Waals surface area contributed by atoms with Crippen molar-refractivity contribution in [2.24, 2.45) is 0 Å². The Kier molecular flexibility index (Phi) is 5.05. The summed E-state index contributed by atoms with van der Waals surface area (Å²) >= 11 is 11.5. The zero-order chi connectivity index (χ0) is 20.5. The quantitative estimate of drug-likeness (QED) is 0.443. The molecule has 0 spiro atoms. The minimum Gasteiger partial charge on any atom is -0.331 e. The van der Waals surface area contributed by atoms with Crippen molar-refractivity contribution in [3.05, 3.63) is 98.0 Å². The molecule has 5 nitrogen and oxygen atoms in total. The number of fused-ring (bicyclic) bond motifs is 1. The Bertz CT molecular complexity index is 1360. The predicted octanol–water partition coefficient (Wildman–Crippen LogP) is 5.26. The van der Waals surface area contributed by atoms with Gasteiger partial charge in [-0.15, -0.1) is 0 Å². The molecule has 0 aliphatic carbocycles. The van der Waals surface area contributed by atoms with E-state index in [1.165, 1.54) is 4.57 Å². The van der Waals surface area contributed by atoms with Crippen molar-refractivity contribution >= 4 is 46.3 Å². The minimum absolute atomic E-state index is 0.243. The number of halogens is 1. The first-order chi connectivity index (χ1) is 13.9. The molecule has 0 radical (unpaired) electrons. The number of aryl methyl sites for hydroxylation is 1. The van der Waals surface area contributed by atoms with Crippen molar-refractivity contribution in [1.29, 1.82) is 0 Å². The molecule has 4 rings (SSSR count). The highest BCUT2D eigenvalue weighted by Crippen LogP contribution is 2.21. The van der Waals surface area contributed by atoms with Crippen LogP contribution in [0.2, 0.25) is 5.02 Å². The summed E-state index contributed by atoms with van der Waals surface area (Å²) in [6, 6.07) is 19.3. The summed E-state index contributed by atoms with van der Waals surface area (Å²) in [5.74, 6) is -0.307. The molecular weight excluding hydrogens is 406 g/mol. The Hall–Kier alpha value is -3.22. The first-order valence-electron chi connectivity index (χ1n) is 8.86. The van der Waals surface area contributed by atoms with E-state index in [-0.39, 0.29) is 16.2 Å². The number of nitrogens with one attached hydrogen (secondary N) is 2. The van der Waals surface area contributed by atoms with Crippen LogP contribution in [0, 0.1) is 11.7 Å². The van der Waals surface area contributed by atoms with Gasteiger partial charge in [0.1, 0.15) is 0 Å². The number of anilines is 1. The normalized spacial score (nSPS) is 10.8. The molecule has 0 bridgehead atoms. The highest BCUT2D eigenvalue weighted by molar-refractivity contribution is 7.71. The number of amides is 1. The molecule has 2 N–H and O–H groups in total. The summed E-state index contributed by atoms with van der Waals surface area (Å²) in [4.78, 5) is 28.6. The van der Waals surface area contributed by atoms with Gasteiger partial charge in [-0.05, 0) is 67.2 Å².